The minimum absolute atomic E-state index is 0.135. The van der Waals surface area contributed by atoms with Gasteiger partial charge in [0.2, 0.25) is 5.88 Å². The third-order valence-corrected chi connectivity index (χ3v) is 3.12. The Balaban J connectivity index is 2.68. The lowest BCUT2D eigenvalue weighted by Crippen LogP contribution is -2.16. The molecule has 1 heterocycles. The molecule has 2 aromatic rings. The van der Waals surface area contributed by atoms with Crippen molar-refractivity contribution in [3.8, 4) is 17.3 Å². The monoisotopic (exact) mass is 275 g/mol. The number of nitrogens with zero attached hydrogens (tertiary/aromatic N) is 2. The summed E-state index contributed by atoms with van der Waals surface area (Å²) in [7, 11) is 1.60. The normalized spacial score (nSPS) is 11.7. The average molecular weight is 275 g/mol. The van der Waals surface area contributed by atoms with Gasteiger partial charge in [-0.2, -0.15) is 5.10 Å². The Hall–Kier alpha value is -2.01. The van der Waals surface area contributed by atoms with Gasteiger partial charge in [-0.1, -0.05) is 26.8 Å². The van der Waals surface area contributed by atoms with Gasteiger partial charge >= 0.3 is 0 Å². The molecule has 0 atom stereocenters. The molecule has 0 saturated heterocycles. The van der Waals surface area contributed by atoms with Gasteiger partial charge in [-0.3, -0.25) is 0 Å². The maximum Gasteiger partial charge on any atom is 0.221 e. The summed E-state index contributed by atoms with van der Waals surface area (Å²) in [5.41, 5.74) is 8.27. The van der Waals surface area contributed by atoms with Crippen molar-refractivity contribution in [2.45, 2.75) is 32.7 Å². The van der Waals surface area contributed by atoms with Crippen molar-refractivity contribution >= 4 is 0 Å². The van der Waals surface area contributed by atoms with Crippen LogP contribution in [0.2, 0.25) is 0 Å². The summed E-state index contributed by atoms with van der Waals surface area (Å²) in [4.78, 5) is 0. The zero-order chi connectivity index (χ0) is 14.9. The van der Waals surface area contributed by atoms with Gasteiger partial charge in [-0.25, -0.2) is 4.68 Å². The molecular weight excluding hydrogens is 254 g/mol. The van der Waals surface area contributed by atoms with Gasteiger partial charge in [0.15, 0.2) is 0 Å². The van der Waals surface area contributed by atoms with E-state index in [1.807, 2.05) is 6.07 Å². The van der Waals surface area contributed by atoms with E-state index in [0.717, 1.165) is 16.9 Å². The number of phenolic OH excluding ortho intramolecular Hbond substituents is 1. The fraction of sp³-hybridized carbons (Fsp3) is 0.400. The molecule has 5 heteroatoms. The summed E-state index contributed by atoms with van der Waals surface area (Å²) in [6.45, 7) is 6.61. The first-order chi connectivity index (χ1) is 9.38. The van der Waals surface area contributed by atoms with Crippen LogP contribution in [0.3, 0.4) is 0 Å². The van der Waals surface area contributed by atoms with Crippen molar-refractivity contribution in [2.24, 2.45) is 5.73 Å². The molecule has 20 heavy (non-hydrogen) atoms. The smallest absolute Gasteiger partial charge is 0.221 e. The number of phenols is 1. The van der Waals surface area contributed by atoms with Gasteiger partial charge < -0.3 is 15.6 Å². The Morgan fingerprint density at radius 2 is 2.05 bits per heavy atom. The van der Waals surface area contributed by atoms with Gasteiger partial charge in [-0.15, -0.1) is 0 Å². The highest BCUT2D eigenvalue weighted by molar-refractivity contribution is 5.45. The van der Waals surface area contributed by atoms with Crippen LogP contribution in [-0.2, 0) is 12.0 Å². The summed E-state index contributed by atoms with van der Waals surface area (Å²) < 4.78 is 7.16. The van der Waals surface area contributed by atoms with Gasteiger partial charge in [0.05, 0.1) is 24.1 Å². The molecule has 0 aliphatic carbocycles. The van der Waals surface area contributed by atoms with E-state index in [2.05, 4.69) is 25.9 Å². The summed E-state index contributed by atoms with van der Waals surface area (Å²) in [6, 6.07) is 6.89. The summed E-state index contributed by atoms with van der Waals surface area (Å²) in [6.07, 6.45) is 0. The molecule has 108 valence electrons. The van der Waals surface area contributed by atoms with Crippen molar-refractivity contribution in [1.29, 1.82) is 0 Å². The predicted molar refractivity (Wildman–Crippen MR) is 78.4 cm³/mol. The first-order valence-corrected chi connectivity index (χ1v) is 6.54. The zero-order valence-electron chi connectivity index (χ0n) is 12.3. The van der Waals surface area contributed by atoms with Crippen LogP contribution in [0.15, 0.2) is 24.3 Å². The molecule has 0 fully saturated rings. The van der Waals surface area contributed by atoms with Crippen molar-refractivity contribution in [2.75, 3.05) is 7.11 Å². The van der Waals surface area contributed by atoms with Crippen molar-refractivity contribution in [1.82, 2.24) is 9.78 Å². The molecule has 0 aliphatic rings. The fourth-order valence-electron chi connectivity index (χ4n) is 2.23. The molecule has 3 N–H and O–H groups in total. The van der Waals surface area contributed by atoms with E-state index in [-0.39, 0.29) is 11.2 Å². The lowest BCUT2D eigenvalue weighted by molar-refractivity contribution is 0.379. The Morgan fingerprint density at radius 1 is 1.35 bits per heavy atom. The van der Waals surface area contributed by atoms with Crippen LogP contribution in [0.1, 0.15) is 32.0 Å². The largest absolute Gasteiger partial charge is 0.508 e. The van der Waals surface area contributed by atoms with E-state index < -0.39 is 0 Å². The SMILES string of the molecule is COc1c(CN)c(C(C)(C)C)nn1-c1cccc(O)c1. The number of nitrogens with two attached hydrogens (primary N) is 1. The van der Waals surface area contributed by atoms with Gasteiger partial charge in [0, 0.05) is 18.0 Å². The quantitative estimate of drug-likeness (QED) is 0.901. The third-order valence-electron chi connectivity index (χ3n) is 3.12. The molecule has 2 rings (SSSR count). The second-order valence-electron chi connectivity index (χ2n) is 5.72. The molecule has 0 saturated carbocycles. The first kappa shape index (κ1) is 14.4. The molecule has 0 spiro atoms. The number of hydrogen-bond donors (Lipinski definition) is 2. The average Bonchev–Trinajstić information content (AvgIpc) is 2.76. The Bertz CT molecular complexity index is 612. The van der Waals surface area contributed by atoms with Crippen LogP contribution in [0.4, 0.5) is 0 Å². The number of ether oxygens (including phenoxy) is 1. The van der Waals surface area contributed by atoms with Crippen LogP contribution in [0, 0.1) is 0 Å². The molecule has 1 aromatic heterocycles. The van der Waals surface area contributed by atoms with Crippen molar-refractivity contribution in [3.05, 3.63) is 35.5 Å². The number of aromatic nitrogens is 2. The van der Waals surface area contributed by atoms with E-state index >= 15 is 0 Å². The zero-order valence-corrected chi connectivity index (χ0v) is 12.3. The highest BCUT2D eigenvalue weighted by atomic mass is 16.5. The van der Waals surface area contributed by atoms with Gasteiger partial charge in [0.25, 0.3) is 0 Å². The van der Waals surface area contributed by atoms with Crippen LogP contribution >= 0.6 is 0 Å². The Labute approximate surface area is 119 Å². The molecule has 1 aromatic carbocycles. The molecule has 0 amide bonds. The van der Waals surface area contributed by atoms with Crippen LogP contribution in [0.5, 0.6) is 11.6 Å². The standard InChI is InChI=1S/C15H21N3O2/c1-15(2,3)13-12(9-16)14(20-4)18(17-13)10-6-5-7-11(19)8-10/h5-8,19H,9,16H2,1-4H3. The summed E-state index contributed by atoms with van der Waals surface area (Å²) >= 11 is 0. The van der Waals surface area contributed by atoms with E-state index in [9.17, 15) is 5.11 Å². The first-order valence-electron chi connectivity index (χ1n) is 6.54. The molecular formula is C15H21N3O2. The fourth-order valence-corrected chi connectivity index (χ4v) is 2.23. The van der Waals surface area contributed by atoms with Gasteiger partial charge in [-0.05, 0) is 12.1 Å². The minimum Gasteiger partial charge on any atom is -0.508 e. The van der Waals surface area contributed by atoms with Crippen molar-refractivity contribution in [3.63, 3.8) is 0 Å². The lowest BCUT2D eigenvalue weighted by atomic mass is 9.89. The van der Waals surface area contributed by atoms with E-state index in [1.165, 1.54) is 0 Å². The maximum absolute atomic E-state index is 9.62. The third kappa shape index (κ3) is 2.49. The van der Waals surface area contributed by atoms with E-state index in [4.69, 9.17) is 10.5 Å². The second-order valence-corrected chi connectivity index (χ2v) is 5.72. The minimum atomic E-state index is -0.135. The Morgan fingerprint density at radius 3 is 2.55 bits per heavy atom. The number of rotatable bonds is 3. The predicted octanol–water partition coefficient (Wildman–Crippen LogP) is 2.34. The number of methoxy groups -OCH3 is 1. The maximum atomic E-state index is 9.62. The molecule has 5 nitrogen and oxygen atoms in total. The number of aromatic hydroxyl groups is 1. The highest BCUT2D eigenvalue weighted by Gasteiger charge is 2.27. The molecule has 0 unspecified atom stereocenters. The van der Waals surface area contributed by atoms with Crippen molar-refractivity contribution < 1.29 is 9.84 Å². The highest BCUT2D eigenvalue weighted by Crippen LogP contribution is 2.33. The van der Waals surface area contributed by atoms with E-state index in [0.29, 0.717) is 12.4 Å². The van der Waals surface area contributed by atoms with Crippen LogP contribution in [-0.4, -0.2) is 22.0 Å². The number of benzene rings is 1. The molecule has 0 bridgehead atoms. The van der Waals surface area contributed by atoms with Crippen LogP contribution in [0.25, 0.3) is 5.69 Å². The molecule has 0 aliphatic heterocycles. The second kappa shape index (κ2) is 5.17. The van der Waals surface area contributed by atoms with E-state index in [1.54, 1.807) is 30.0 Å². The lowest BCUT2D eigenvalue weighted by Gasteiger charge is -2.16. The van der Waals surface area contributed by atoms with Gasteiger partial charge in [0.1, 0.15) is 5.75 Å². The molecule has 0 radical (unpaired) electrons. The van der Waals surface area contributed by atoms with Crippen LogP contribution < -0.4 is 10.5 Å². The summed E-state index contributed by atoms with van der Waals surface area (Å²) in [5, 5.41) is 14.3. The number of hydrogen-bond acceptors (Lipinski definition) is 4. The Kier molecular flexibility index (Phi) is 3.72. The topological polar surface area (TPSA) is 73.3 Å². The summed E-state index contributed by atoms with van der Waals surface area (Å²) in [5.74, 6) is 0.801.